The van der Waals surface area contributed by atoms with Crippen molar-refractivity contribution in [3.8, 4) is 11.5 Å². The summed E-state index contributed by atoms with van der Waals surface area (Å²) in [6.07, 6.45) is 0.265. The van der Waals surface area contributed by atoms with Gasteiger partial charge in [0.2, 0.25) is 11.8 Å². The zero-order valence-corrected chi connectivity index (χ0v) is 25.0. The van der Waals surface area contributed by atoms with E-state index in [-0.39, 0.29) is 24.5 Å². The molecule has 1 heterocycles. The van der Waals surface area contributed by atoms with Gasteiger partial charge in [-0.3, -0.25) is 14.4 Å². The van der Waals surface area contributed by atoms with Crippen LogP contribution in [0.5, 0.6) is 11.5 Å². The monoisotopic (exact) mass is 590 g/mol. The standard InChI is InChI=1S/C31H39BN4O7/c1-19(2)28(31(39)35-27(32(40)41)18-22-11-15-24(43-5)16-12-22)36-30(38)26(17-21-9-13-23(42-4)14-10-21)34-29(37)25-8-6-7-20(3)33-25/h6-16,19,26-28,40-41H,17-18H2,1-5H3,(H,34,37)(H,35,39)(H,36,38)/t26-,27-,28-/m0/s1. The van der Waals surface area contributed by atoms with Crippen molar-refractivity contribution in [2.45, 2.75) is 51.6 Å². The van der Waals surface area contributed by atoms with Gasteiger partial charge in [0.15, 0.2) is 0 Å². The maximum Gasteiger partial charge on any atom is 0.475 e. The minimum Gasteiger partial charge on any atom is -0.497 e. The van der Waals surface area contributed by atoms with Crippen LogP contribution in [0.15, 0.2) is 66.7 Å². The summed E-state index contributed by atoms with van der Waals surface area (Å²) in [6.45, 7) is 5.27. The number of pyridine rings is 1. The maximum absolute atomic E-state index is 13.6. The SMILES string of the molecule is COc1ccc(C[C@H](NC(=O)[C@@H](NC(=O)[C@H](Cc2ccc(OC)cc2)NC(=O)c2cccc(C)n2)C(C)C)B(O)O)cc1. The number of aryl methyl sites for hydroxylation is 1. The molecule has 2 aromatic carbocycles. The molecule has 0 spiro atoms. The van der Waals surface area contributed by atoms with E-state index in [1.54, 1.807) is 102 Å². The van der Waals surface area contributed by atoms with E-state index in [0.29, 0.717) is 17.2 Å². The molecular weight excluding hydrogens is 551 g/mol. The largest absolute Gasteiger partial charge is 0.497 e. The van der Waals surface area contributed by atoms with Crippen molar-refractivity contribution < 1.29 is 33.9 Å². The van der Waals surface area contributed by atoms with Gasteiger partial charge >= 0.3 is 7.12 Å². The number of hydrogen-bond acceptors (Lipinski definition) is 8. The highest BCUT2D eigenvalue weighted by Gasteiger charge is 2.33. The molecule has 0 unspecified atom stereocenters. The van der Waals surface area contributed by atoms with E-state index in [1.807, 2.05) is 0 Å². The average Bonchev–Trinajstić information content (AvgIpc) is 2.99. The van der Waals surface area contributed by atoms with Crippen molar-refractivity contribution in [3.05, 3.63) is 89.2 Å². The third-order valence-corrected chi connectivity index (χ3v) is 6.89. The van der Waals surface area contributed by atoms with E-state index >= 15 is 0 Å². The van der Waals surface area contributed by atoms with Gasteiger partial charge in [-0.1, -0.05) is 44.2 Å². The van der Waals surface area contributed by atoms with Gasteiger partial charge in [-0.05, 0) is 66.8 Å². The third-order valence-electron chi connectivity index (χ3n) is 6.89. The topological polar surface area (TPSA) is 159 Å². The number of ether oxygens (including phenoxy) is 2. The highest BCUT2D eigenvalue weighted by atomic mass is 16.5. The van der Waals surface area contributed by atoms with Gasteiger partial charge in [-0.15, -0.1) is 0 Å². The highest BCUT2D eigenvalue weighted by molar-refractivity contribution is 6.43. The van der Waals surface area contributed by atoms with Crippen LogP contribution in [0.1, 0.15) is 41.2 Å². The van der Waals surface area contributed by atoms with Gasteiger partial charge in [-0.25, -0.2) is 4.98 Å². The van der Waals surface area contributed by atoms with Crippen molar-refractivity contribution in [3.63, 3.8) is 0 Å². The van der Waals surface area contributed by atoms with Gasteiger partial charge < -0.3 is 35.5 Å². The molecule has 0 aliphatic heterocycles. The second-order valence-electron chi connectivity index (χ2n) is 10.6. The normalized spacial score (nSPS) is 12.9. The molecule has 12 heteroatoms. The van der Waals surface area contributed by atoms with E-state index in [2.05, 4.69) is 20.9 Å². The van der Waals surface area contributed by atoms with E-state index in [4.69, 9.17) is 9.47 Å². The first-order chi connectivity index (χ1) is 20.5. The number of nitrogens with one attached hydrogen (secondary N) is 3. The predicted molar refractivity (Wildman–Crippen MR) is 163 cm³/mol. The Morgan fingerprint density at radius 2 is 1.35 bits per heavy atom. The first kappa shape index (κ1) is 33.1. The molecule has 0 aliphatic rings. The summed E-state index contributed by atoms with van der Waals surface area (Å²) < 4.78 is 10.4. The molecule has 3 amide bonds. The molecule has 3 aromatic rings. The summed E-state index contributed by atoms with van der Waals surface area (Å²) in [5.41, 5.74) is 2.31. The highest BCUT2D eigenvalue weighted by Crippen LogP contribution is 2.15. The van der Waals surface area contributed by atoms with E-state index in [0.717, 1.165) is 11.1 Å². The average molecular weight is 590 g/mol. The number of carbonyl (C=O) groups is 3. The van der Waals surface area contributed by atoms with Gasteiger partial charge in [0.1, 0.15) is 29.3 Å². The molecule has 0 aliphatic carbocycles. The Kier molecular flexibility index (Phi) is 12.1. The molecule has 0 fully saturated rings. The second-order valence-corrected chi connectivity index (χ2v) is 10.6. The van der Waals surface area contributed by atoms with Crippen LogP contribution in [0.2, 0.25) is 0 Å². The number of amides is 3. The molecule has 0 saturated heterocycles. The Labute approximate surface area is 252 Å². The number of nitrogens with zero attached hydrogens (tertiary/aromatic N) is 1. The zero-order chi connectivity index (χ0) is 31.5. The summed E-state index contributed by atoms with van der Waals surface area (Å²) in [5, 5.41) is 28.2. The van der Waals surface area contributed by atoms with Crippen LogP contribution in [0, 0.1) is 12.8 Å². The van der Waals surface area contributed by atoms with Gasteiger partial charge in [-0.2, -0.15) is 0 Å². The summed E-state index contributed by atoms with van der Waals surface area (Å²) in [7, 11) is 1.25. The molecule has 0 saturated carbocycles. The van der Waals surface area contributed by atoms with Crippen molar-refractivity contribution in [2.24, 2.45) is 5.92 Å². The van der Waals surface area contributed by atoms with Crippen LogP contribution in [-0.4, -0.2) is 72.1 Å². The minimum atomic E-state index is -1.85. The van der Waals surface area contributed by atoms with Crippen LogP contribution in [-0.2, 0) is 22.4 Å². The number of hydrogen-bond donors (Lipinski definition) is 5. The summed E-state index contributed by atoms with van der Waals surface area (Å²) in [5.74, 6) is -1.83. The van der Waals surface area contributed by atoms with E-state index < -0.39 is 42.9 Å². The smallest absolute Gasteiger partial charge is 0.475 e. The summed E-state index contributed by atoms with van der Waals surface area (Å²) in [6, 6.07) is 17.0. The summed E-state index contributed by atoms with van der Waals surface area (Å²) >= 11 is 0. The van der Waals surface area contributed by atoms with Crippen LogP contribution in [0.3, 0.4) is 0 Å². The fraction of sp³-hybridized carbons (Fsp3) is 0.355. The fourth-order valence-electron chi connectivity index (χ4n) is 4.42. The van der Waals surface area contributed by atoms with Gasteiger partial charge in [0.25, 0.3) is 5.91 Å². The van der Waals surface area contributed by atoms with Crippen molar-refractivity contribution in [1.82, 2.24) is 20.9 Å². The zero-order valence-electron chi connectivity index (χ0n) is 25.0. The number of aromatic nitrogens is 1. The van der Waals surface area contributed by atoms with Crippen LogP contribution in [0.25, 0.3) is 0 Å². The first-order valence-electron chi connectivity index (χ1n) is 14.0. The Morgan fingerprint density at radius 3 is 1.84 bits per heavy atom. The number of rotatable bonds is 14. The Balaban J connectivity index is 1.78. The van der Waals surface area contributed by atoms with Gasteiger partial charge in [0, 0.05) is 12.1 Å². The van der Waals surface area contributed by atoms with Crippen molar-refractivity contribution in [2.75, 3.05) is 14.2 Å². The summed E-state index contributed by atoms with van der Waals surface area (Å²) in [4.78, 5) is 44.3. The molecule has 0 bridgehead atoms. The molecular formula is C31H39BN4O7. The van der Waals surface area contributed by atoms with E-state index in [1.165, 1.54) is 0 Å². The molecule has 43 heavy (non-hydrogen) atoms. The van der Waals surface area contributed by atoms with Crippen LogP contribution in [0.4, 0.5) is 0 Å². The number of carbonyl (C=O) groups excluding carboxylic acids is 3. The lowest BCUT2D eigenvalue weighted by atomic mass is 9.75. The number of benzene rings is 2. The Hall–Kier alpha value is -4.42. The third kappa shape index (κ3) is 9.83. The lowest BCUT2D eigenvalue weighted by molar-refractivity contribution is -0.131. The van der Waals surface area contributed by atoms with E-state index in [9.17, 15) is 24.4 Å². The Morgan fingerprint density at radius 1 is 0.791 bits per heavy atom. The molecule has 3 rings (SSSR count). The molecule has 0 radical (unpaired) electrons. The van der Waals surface area contributed by atoms with Gasteiger partial charge in [0.05, 0.1) is 20.2 Å². The lowest BCUT2D eigenvalue weighted by Crippen LogP contribution is -2.59. The molecule has 11 nitrogen and oxygen atoms in total. The second kappa shape index (κ2) is 15.7. The van der Waals surface area contributed by atoms with Crippen molar-refractivity contribution in [1.29, 1.82) is 0 Å². The van der Waals surface area contributed by atoms with Crippen LogP contribution >= 0.6 is 0 Å². The predicted octanol–water partition coefficient (Wildman–Crippen LogP) is 1.63. The maximum atomic E-state index is 13.6. The minimum absolute atomic E-state index is 0.131. The van der Waals surface area contributed by atoms with Crippen LogP contribution < -0.4 is 25.4 Å². The molecule has 228 valence electrons. The molecule has 1 aromatic heterocycles. The molecule has 3 atom stereocenters. The van der Waals surface area contributed by atoms with Crippen molar-refractivity contribution >= 4 is 24.8 Å². The number of methoxy groups -OCH3 is 2. The first-order valence-corrected chi connectivity index (χ1v) is 14.0. The quantitative estimate of drug-likeness (QED) is 0.177. The Bertz CT molecular complexity index is 1370. The lowest BCUT2D eigenvalue weighted by Gasteiger charge is -2.27. The molecule has 5 N–H and O–H groups in total. The fourth-order valence-corrected chi connectivity index (χ4v) is 4.42.